The second kappa shape index (κ2) is 14.0. The Morgan fingerprint density at radius 2 is 1.65 bits per heavy atom. The highest BCUT2D eigenvalue weighted by atomic mass is 32.2. The van der Waals surface area contributed by atoms with Crippen molar-refractivity contribution < 1.29 is 27.1 Å². The molecular formula is C27H38FN3O5S. The van der Waals surface area contributed by atoms with E-state index in [9.17, 15) is 22.4 Å². The third-order valence-corrected chi connectivity index (χ3v) is 6.86. The number of carbonyl (C=O) groups is 2. The van der Waals surface area contributed by atoms with Crippen molar-refractivity contribution in [3.63, 3.8) is 0 Å². The molecule has 2 aromatic rings. The molecule has 37 heavy (non-hydrogen) atoms. The number of anilines is 1. The third kappa shape index (κ3) is 9.35. The topological polar surface area (TPSA) is 96.0 Å². The molecule has 0 aliphatic rings. The van der Waals surface area contributed by atoms with Crippen LogP contribution in [-0.2, 0) is 26.2 Å². The SMILES string of the molecule is CCOc1ccc(N(CCCC(=O)N(Cc2ccc(F)cc2)[C@@H](CC)C(=O)NC(C)C)S(C)(=O)=O)cc1. The van der Waals surface area contributed by atoms with Crippen LogP contribution in [0.15, 0.2) is 48.5 Å². The highest BCUT2D eigenvalue weighted by Gasteiger charge is 2.29. The van der Waals surface area contributed by atoms with E-state index in [1.807, 2.05) is 27.7 Å². The standard InChI is InChI=1S/C27H38FN3O5S/c1-6-25(27(33)29-20(3)4)30(19-21-10-12-22(28)13-11-21)26(32)9-8-18-31(37(5,34)35)23-14-16-24(17-15-23)36-7-2/h10-17,20,25H,6-9,18-19H2,1-5H3,(H,29,33)/t25-/m0/s1. The maximum Gasteiger partial charge on any atom is 0.243 e. The number of carbonyl (C=O) groups excluding carboxylic acids is 2. The van der Waals surface area contributed by atoms with Crippen molar-refractivity contribution in [3.8, 4) is 5.75 Å². The Hall–Kier alpha value is -3.14. The van der Waals surface area contributed by atoms with E-state index in [0.717, 1.165) is 6.26 Å². The van der Waals surface area contributed by atoms with Crippen LogP contribution in [0.25, 0.3) is 0 Å². The van der Waals surface area contributed by atoms with Gasteiger partial charge < -0.3 is 15.0 Å². The van der Waals surface area contributed by atoms with Crippen molar-refractivity contribution in [1.82, 2.24) is 10.2 Å². The second-order valence-electron chi connectivity index (χ2n) is 9.10. The van der Waals surface area contributed by atoms with Gasteiger partial charge in [0.1, 0.15) is 17.6 Å². The predicted octanol–water partition coefficient (Wildman–Crippen LogP) is 4.10. The van der Waals surface area contributed by atoms with Gasteiger partial charge in [-0.25, -0.2) is 12.8 Å². The van der Waals surface area contributed by atoms with Gasteiger partial charge in [-0.3, -0.25) is 13.9 Å². The molecule has 0 fully saturated rings. The minimum atomic E-state index is -3.59. The van der Waals surface area contributed by atoms with Crippen molar-refractivity contribution in [2.75, 3.05) is 23.7 Å². The second-order valence-corrected chi connectivity index (χ2v) is 11.0. The largest absolute Gasteiger partial charge is 0.494 e. The lowest BCUT2D eigenvalue weighted by Crippen LogP contribution is -2.50. The van der Waals surface area contributed by atoms with Gasteiger partial charge in [0.2, 0.25) is 21.8 Å². The molecule has 0 bridgehead atoms. The summed E-state index contributed by atoms with van der Waals surface area (Å²) in [6.45, 7) is 8.11. The van der Waals surface area contributed by atoms with E-state index in [2.05, 4.69) is 5.32 Å². The average Bonchev–Trinajstić information content (AvgIpc) is 2.82. The van der Waals surface area contributed by atoms with Gasteiger partial charge in [-0.1, -0.05) is 19.1 Å². The van der Waals surface area contributed by atoms with Gasteiger partial charge in [-0.05, 0) is 75.6 Å². The molecular weight excluding hydrogens is 497 g/mol. The fourth-order valence-electron chi connectivity index (χ4n) is 3.97. The molecule has 0 radical (unpaired) electrons. The first-order valence-corrected chi connectivity index (χ1v) is 14.4. The summed E-state index contributed by atoms with van der Waals surface area (Å²) >= 11 is 0. The lowest BCUT2D eigenvalue weighted by molar-refractivity contribution is -0.141. The Balaban J connectivity index is 2.19. The first-order chi connectivity index (χ1) is 17.5. The minimum absolute atomic E-state index is 0.0374. The van der Waals surface area contributed by atoms with Crippen LogP contribution in [0.3, 0.4) is 0 Å². The summed E-state index contributed by atoms with van der Waals surface area (Å²) < 4.78 is 45.1. The van der Waals surface area contributed by atoms with E-state index >= 15 is 0 Å². The number of hydrogen-bond acceptors (Lipinski definition) is 5. The van der Waals surface area contributed by atoms with Crippen LogP contribution in [0.2, 0.25) is 0 Å². The summed E-state index contributed by atoms with van der Waals surface area (Å²) in [5.74, 6) is -0.298. The molecule has 0 spiro atoms. The molecule has 2 aromatic carbocycles. The molecule has 0 aliphatic heterocycles. The molecule has 2 rings (SSSR count). The number of rotatable bonds is 14. The molecule has 1 N–H and O–H groups in total. The zero-order chi connectivity index (χ0) is 27.6. The van der Waals surface area contributed by atoms with Gasteiger partial charge in [-0.15, -0.1) is 0 Å². The fraction of sp³-hybridized carbons (Fsp3) is 0.481. The predicted molar refractivity (Wildman–Crippen MR) is 143 cm³/mol. The van der Waals surface area contributed by atoms with Gasteiger partial charge in [0.25, 0.3) is 0 Å². The molecule has 8 nitrogen and oxygen atoms in total. The average molecular weight is 536 g/mol. The Bertz CT molecular complexity index is 1120. The zero-order valence-electron chi connectivity index (χ0n) is 22.2. The number of benzene rings is 2. The van der Waals surface area contributed by atoms with Crippen molar-refractivity contribution in [1.29, 1.82) is 0 Å². The van der Waals surface area contributed by atoms with Gasteiger partial charge in [0.05, 0.1) is 18.6 Å². The van der Waals surface area contributed by atoms with Crippen LogP contribution >= 0.6 is 0 Å². The van der Waals surface area contributed by atoms with E-state index in [1.165, 1.54) is 21.3 Å². The molecule has 0 aliphatic carbocycles. The normalized spacial score (nSPS) is 12.2. The lowest BCUT2D eigenvalue weighted by atomic mass is 10.1. The molecule has 10 heteroatoms. The van der Waals surface area contributed by atoms with E-state index in [0.29, 0.717) is 30.0 Å². The van der Waals surface area contributed by atoms with Gasteiger partial charge in [0, 0.05) is 25.6 Å². The van der Waals surface area contributed by atoms with E-state index in [4.69, 9.17) is 4.74 Å². The van der Waals surface area contributed by atoms with Gasteiger partial charge in [-0.2, -0.15) is 0 Å². The van der Waals surface area contributed by atoms with Crippen LogP contribution < -0.4 is 14.4 Å². The Morgan fingerprint density at radius 1 is 1.03 bits per heavy atom. The summed E-state index contributed by atoms with van der Waals surface area (Å²) in [6.07, 6.45) is 1.81. The van der Waals surface area contributed by atoms with Crippen molar-refractivity contribution in [2.24, 2.45) is 0 Å². The molecule has 204 valence electrons. The smallest absolute Gasteiger partial charge is 0.243 e. The van der Waals surface area contributed by atoms with Crippen molar-refractivity contribution in [3.05, 3.63) is 59.9 Å². The molecule has 0 aromatic heterocycles. The summed E-state index contributed by atoms with van der Waals surface area (Å²) in [5.41, 5.74) is 1.17. The van der Waals surface area contributed by atoms with Gasteiger partial charge >= 0.3 is 0 Å². The number of nitrogens with one attached hydrogen (secondary N) is 1. The fourth-order valence-corrected chi connectivity index (χ4v) is 4.93. The summed E-state index contributed by atoms with van der Waals surface area (Å²) in [6, 6.07) is 11.7. The number of ether oxygens (including phenoxy) is 1. The first kappa shape index (κ1) is 30.1. The van der Waals surface area contributed by atoms with E-state index in [-0.39, 0.29) is 49.6 Å². The van der Waals surface area contributed by atoms with Crippen molar-refractivity contribution in [2.45, 2.75) is 65.6 Å². The monoisotopic (exact) mass is 535 g/mol. The maximum atomic E-state index is 13.4. The van der Waals surface area contributed by atoms with E-state index in [1.54, 1.807) is 36.4 Å². The highest BCUT2D eigenvalue weighted by molar-refractivity contribution is 7.92. The summed E-state index contributed by atoms with van der Waals surface area (Å²) in [4.78, 5) is 27.8. The van der Waals surface area contributed by atoms with Crippen LogP contribution in [-0.4, -0.2) is 56.6 Å². The summed E-state index contributed by atoms with van der Waals surface area (Å²) in [7, 11) is -3.59. The third-order valence-electron chi connectivity index (χ3n) is 5.67. The number of nitrogens with zero attached hydrogens (tertiary/aromatic N) is 2. The number of hydrogen-bond donors (Lipinski definition) is 1. The Kier molecular flexibility index (Phi) is 11.4. The molecule has 1 atom stereocenters. The Morgan fingerprint density at radius 3 is 2.16 bits per heavy atom. The quantitative estimate of drug-likeness (QED) is 0.393. The number of amides is 2. The highest BCUT2D eigenvalue weighted by Crippen LogP contribution is 2.23. The zero-order valence-corrected chi connectivity index (χ0v) is 23.1. The van der Waals surface area contributed by atoms with Gasteiger partial charge in [0.15, 0.2) is 0 Å². The van der Waals surface area contributed by atoms with Crippen LogP contribution in [0, 0.1) is 5.82 Å². The summed E-state index contributed by atoms with van der Waals surface area (Å²) in [5, 5.41) is 2.86. The van der Waals surface area contributed by atoms with Crippen LogP contribution in [0.1, 0.15) is 52.5 Å². The lowest BCUT2D eigenvalue weighted by Gasteiger charge is -2.31. The number of halogens is 1. The van der Waals surface area contributed by atoms with Crippen LogP contribution in [0.5, 0.6) is 5.75 Å². The maximum absolute atomic E-state index is 13.4. The van der Waals surface area contributed by atoms with Crippen LogP contribution in [0.4, 0.5) is 10.1 Å². The molecule has 2 amide bonds. The minimum Gasteiger partial charge on any atom is -0.494 e. The molecule has 0 heterocycles. The molecule has 0 saturated carbocycles. The number of sulfonamides is 1. The molecule has 0 saturated heterocycles. The Labute approximate surface area is 219 Å². The van der Waals surface area contributed by atoms with Crippen molar-refractivity contribution >= 4 is 27.5 Å². The van der Waals surface area contributed by atoms with E-state index < -0.39 is 16.1 Å². The first-order valence-electron chi connectivity index (χ1n) is 12.5. The molecule has 0 unspecified atom stereocenters.